The van der Waals surface area contributed by atoms with E-state index in [-0.39, 0.29) is 24.5 Å². The molecule has 0 radical (unpaired) electrons. The van der Waals surface area contributed by atoms with Gasteiger partial charge in [0.2, 0.25) is 5.91 Å². The average molecular weight is 462 g/mol. The molecule has 0 aliphatic rings. The number of hydrogen-bond donors (Lipinski definition) is 1. The number of urea groups is 1. The van der Waals surface area contributed by atoms with E-state index >= 15 is 0 Å². The molecule has 1 aromatic heterocycles. The van der Waals surface area contributed by atoms with E-state index in [4.69, 9.17) is 4.42 Å². The minimum atomic E-state index is -0.267. The monoisotopic (exact) mass is 461 g/mol. The number of carbonyl (C=O) groups excluding carboxylic acids is 2. The summed E-state index contributed by atoms with van der Waals surface area (Å²) >= 11 is 0. The van der Waals surface area contributed by atoms with Gasteiger partial charge >= 0.3 is 6.03 Å². The van der Waals surface area contributed by atoms with Crippen molar-refractivity contribution in [3.63, 3.8) is 0 Å². The lowest BCUT2D eigenvalue weighted by atomic mass is 10.1. The van der Waals surface area contributed by atoms with Gasteiger partial charge in [-0.1, -0.05) is 56.3 Å². The van der Waals surface area contributed by atoms with Crippen molar-refractivity contribution in [1.29, 1.82) is 0 Å². The number of amides is 3. The van der Waals surface area contributed by atoms with Gasteiger partial charge in [-0.2, -0.15) is 0 Å². The molecular formula is C28H35N3O3. The predicted octanol–water partition coefficient (Wildman–Crippen LogP) is 5.75. The summed E-state index contributed by atoms with van der Waals surface area (Å²) in [6.07, 6.45) is 3.98. The Morgan fingerprint density at radius 2 is 1.74 bits per heavy atom. The maximum Gasteiger partial charge on any atom is 0.322 e. The van der Waals surface area contributed by atoms with E-state index < -0.39 is 0 Å². The second-order valence-electron chi connectivity index (χ2n) is 8.50. The van der Waals surface area contributed by atoms with Crippen LogP contribution in [0.5, 0.6) is 0 Å². The quantitative estimate of drug-likeness (QED) is 0.396. The van der Waals surface area contributed by atoms with Crippen LogP contribution in [0.3, 0.4) is 0 Å². The van der Waals surface area contributed by atoms with Crippen LogP contribution in [-0.4, -0.2) is 40.9 Å². The maximum atomic E-state index is 13.4. The Bertz CT molecular complexity index is 1030. The second kappa shape index (κ2) is 12.6. The molecule has 0 saturated heterocycles. The summed E-state index contributed by atoms with van der Waals surface area (Å²) in [7, 11) is 0. The minimum Gasteiger partial charge on any atom is -0.467 e. The van der Waals surface area contributed by atoms with Crippen LogP contribution in [0.15, 0.2) is 77.4 Å². The van der Waals surface area contributed by atoms with Crippen molar-refractivity contribution in [2.75, 3.05) is 18.4 Å². The van der Waals surface area contributed by atoms with Gasteiger partial charge in [0.05, 0.1) is 12.8 Å². The summed E-state index contributed by atoms with van der Waals surface area (Å²) in [5, 5.41) is 2.98. The molecule has 34 heavy (non-hydrogen) atoms. The van der Waals surface area contributed by atoms with Gasteiger partial charge in [-0.25, -0.2) is 4.79 Å². The fraction of sp³-hybridized carbons (Fsp3) is 0.357. The highest BCUT2D eigenvalue weighted by atomic mass is 16.3. The van der Waals surface area contributed by atoms with Crippen molar-refractivity contribution in [1.82, 2.24) is 9.80 Å². The lowest BCUT2D eigenvalue weighted by Crippen LogP contribution is -2.48. The first kappa shape index (κ1) is 25.1. The molecule has 1 unspecified atom stereocenters. The highest BCUT2D eigenvalue weighted by Crippen LogP contribution is 2.15. The molecule has 1 heterocycles. The first-order valence-corrected chi connectivity index (χ1v) is 12.0. The molecule has 6 nitrogen and oxygen atoms in total. The van der Waals surface area contributed by atoms with Crippen molar-refractivity contribution in [2.45, 2.75) is 52.6 Å². The molecule has 180 valence electrons. The fourth-order valence-corrected chi connectivity index (χ4v) is 3.75. The summed E-state index contributed by atoms with van der Waals surface area (Å²) in [5.74, 6) is 0.613. The third-order valence-electron chi connectivity index (χ3n) is 6.07. The smallest absolute Gasteiger partial charge is 0.322 e. The maximum absolute atomic E-state index is 13.4. The third kappa shape index (κ3) is 7.24. The number of aryl methyl sites for hydroxylation is 1. The van der Waals surface area contributed by atoms with Crippen LogP contribution in [0.4, 0.5) is 10.5 Å². The minimum absolute atomic E-state index is 0.00378. The number of hydrogen-bond acceptors (Lipinski definition) is 3. The van der Waals surface area contributed by atoms with Crippen LogP contribution in [0.2, 0.25) is 0 Å². The van der Waals surface area contributed by atoms with E-state index in [0.717, 1.165) is 41.8 Å². The molecule has 1 atom stereocenters. The van der Waals surface area contributed by atoms with Crippen molar-refractivity contribution in [3.8, 4) is 0 Å². The molecule has 0 bridgehead atoms. The first-order valence-electron chi connectivity index (χ1n) is 12.0. The lowest BCUT2D eigenvalue weighted by Gasteiger charge is -2.31. The largest absolute Gasteiger partial charge is 0.467 e. The highest BCUT2D eigenvalue weighted by molar-refractivity contribution is 5.92. The lowest BCUT2D eigenvalue weighted by molar-refractivity contribution is -0.133. The molecule has 0 aliphatic carbocycles. The summed E-state index contributed by atoms with van der Waals surface area (Å²) in [6.45, 7) is 6.97. The van der Waals surface area contributed by atoms with Crippen molar-refractivity contribution >= 4 is 17.6 Å². The first-order chi connectivity index (χ1) is 16.5. The number of benzene rings is 2. The van der Waals surface area contributed by atoms with Gasteiger partial charge in [0.1, 0.15) is 12.3 Å². The van der Waals surface area contributed by atoms with Gasteiger partial charge in [0, 0.05) is 18.3 Å². The van der Waals surface area contributed by atoms with Crippen molar-refractivity contribution in [2.24, 2.45) is 0 Å². The van der Waals surface area contributed by atoms with Crippen LogP contribution >= 0.6 is 0 Å². The molecule has 0 saturated carbocycles. The van der Waals surface area contributed by atoms with Crippen LogP contribution in [0.25, 0.3) is 0 Å². The topological polar surface area (TPSA) is 65.8 Å². The number of rotatable bonds is 11. The van der Waals surface area contributed by atoms with Gasteiger partial charge in [-0.3, -0.25) is 4.79 Å². The highest BCUT2D eigenvalue weighted by Gasteiger charge is 2.25. The molecule has 6 heteroatoms. The average Bonchev–Trinajstić information content (AvgIpc) is 3.38. The Kier molecular flexibility index (Phi) is 9.32. The van der Waals surface area contributed by atoms with E-state index in [1.54, 1.807) is 16.1 Å². The van der Waals surface area contributed by atoms with E-state index in [9.17, 15) is 9.59 Å². The third-order valence-corrected chi connectivity index (χ3v) is 6.07. The Balaban J connectivity index is 1.73. The Morgan fingerprint density at radius 3 is 2.41 bits per heavy atom. The number of anilines is 1. The Morgan fingerprint density at radius 1 is 0.971 bits per heavy atom. The molecule has 3 rings (SSSR count). The normalized spacial score (nSPS) is 11.6. The summed E-state index contributed by atoms with van der Waals surface area (Å²) < 4.78 is 5.50. The standard InChI is InChI=1S/C28H35N3O3/c1-4-22(3)31(28(33)29-25-14-9-13-23(5-2)19-25)21-27(32)30(20-26-15-10-18-34-26)17-16-24-11-7-6-8-12-24/h6-15,18-19,22H,4-5,16-17,20-21H2,1-3H3,(H,29,33). The SMILES string of the molecule is CCc1cccc(NC(=O)N(CC(=O)N(CCc2ccccc2)Cc2ccco2)C(C)CC)c1. The van der Waals surface area contributed by atoms with E-state index in [1.165, 1.54) is 0 Å². The van der Waals surface area contributed by atoms with E-state index in [0.29, 0.717) is 13.1 Å². The summed E-state index contributed by atoms with van der Waals surface area (Å²) in [5.41, 5.74) is 3.04. The van der Waals surface area contributed by atoms with Crippen molar-refractivity contribution < 1.29 is 14.0 Å². The van der Waals surface area contributed by atoms with Crippen LogP contribution in [-0.2, 0) is 24.2 Å². The molecule has 0 aliphatic heterocycles. The van der Waals surface area contributed by atoms with Crippen molar-refractivity contribution in [3.05, 3.63) is 89.9 Å². The molecule has 0 spiro atoms. The molecule has 1 N–H and O–H groups in total. The van der Waals surface area contributed by atoms with Crippen LogP contribution in [0.1, 0.15) is 44.1 Å². The van der Waals surface area contributed by atoms with Crippen LogP contribution in [0, 0.1) is 0 Å². The number of nitrogens with one attached hydrogen (secondary N) is 1. The molecule has 3 aromatic rings. The predicted molar refractivity (Wildman–Crippen MR) is 136 cm³/mol. The van der Waals surface area contributed by atoms with Gasteiger partial charge in [0.25, 0.3) is 0 Å². The Hall–Kier alpha value is -3.54. The zero-order valence-electron chi connectivity index (χ0n) is 20.4. The molecule has 3 amide bonds. The number of carbonyl (C=O) groups is 2. The molecule has 0 fully saturated rings. The molecule has 2 aromatic carbocycles. The zero-order chi connectivity index (χ0) is 24.3. The molecular weight excluding hydrogens is 426 g/mol. The number of nitrogens with zero attached hydrogens (tertiary/aromatic N) is 2. The summed E-state index contributed by atoms with van der Waals surface area (Å²) in [6, 6.07) is 21.2. The van der Waals surface area contributed by atoms with Crippen LogP contribution < -0.4 is 5.32 Å². The fourth-order valence-electron chi connectivity index (χ4n) is 3.75. The second-order valence-corrected chi connectivity index (χ2v) is 8.50. The van der Waals surface area contributed by atoms with Gasteiger partial charge in [-0.05, 0) is 61.6 Å². The number of furan rings is 1. The zero-order valence-corrected chi connectivity index (χ0v) is 20.4. The van der Waals surface area contributed by atoms with E-state index in [1.807, 2.05) is 68.4 Å². The van der Waals surface area contributed by atoms with Gasteiger partial charge in [-0.15, -0.1) is 0 Å². The Labute approximate surface area is 202 Å². The summed E-state index contributed by atoms with van der Waals surface area (Å²) in [4.78, 5) is 30.0. The van der Waals surface area contributed by atoms with Gasteiger partial charge < -0.3 is 19.5 Å². The van der Waals surface area contributed by atoms with E-state index in [2.05, 4.69) is 24.4 Å². The van der Waals surface area contributed by atoms with Gasteiger partial charge in [0.15, 0.2) is 0 Å².